The lowest BCUT2D eigenvalue weighted by molar-refractivity contribution is 0.297. The number of benzene rings is 1. The number of nitrogens with zero attached hydrogens (tertiary/aromatic N) is 3. The monoisotopic (exact) mass is 319 g/mol. The van der Waals surface area contributed by atoms with Crippen molar-refractivity contribution in [2.75, 3.05) is 7.05 Å². The summed E-state index contributed by atoms with van der Waals surface area (Å²) < 4.78 is 5.84. The minimum atomic E-state index is 0.482. The lowest BCUT2D eigenvalue weighted by Gasteiger charge is -2.17. The van der Waals surface area contributed by atoms with Gasteiger partial charge in [0.15, 0.2) is 0 Å². The van der Waals surface area contributed by atoms with Crippen LogP contribution in [0.2, 0.25) is 0 Å². The second-order valence-corrected chi connectivity index (χ2v) is 5.79. The van der Waals surface area contributed by atoms with Gasteiger partial charge in [0.2, 0.25) is 0 Å². The molecule has 1 aromatic carbocycles. The van der Waals surface area contributed by atoms with Crippen LogP contribution in [0.25, 0.3) is 0 Å². The van der Waals surface area contributed by atoms with E-state index in [4.69, 9.17) is 4.74 Å². The summed E-state index contributed by atoms with van der Waals surface area (Å²) in [4.78, 5) is 10.7. The standard InChI is InChI=1S/C20H21N3O/c1-23(15-18-7-5-10-21-13-18)14-17-6-4-9-20(12-17)24-16-19-8-2-3-11-22-19/h2-13H,14-16H2,1H3. The van der Waals surface area contributed by atoms with Gasteiger partial charge in [0, 0.05) is 31.7 Å². The van der Waals surface area contributed by atoms with Crippen molar-refractivity contribution in [1.29, 1.82) is 0 Å². The first-order valence-electron chi connectivity index (χ1n) is 7.99. The van der Waals surface area contributed by atoms with Crippen LogP contribution in [0.15, 0.2) is 73.2 Å². The zero-order chi connectivity index (χ0) is 16.6. The quantitative estimate of drug-likeness (QED) is 0.666. The molecule has 0 atom stereocenters. The summed E-state index contributed by atoms with van der Waals surface area (Å²) in [6.45, 7) is 2.21. The van der Waals surface area contributed by atoms with E-state index in [1.807, 2.05) is 42.6 Å². The van der Waals surface area contributed by atoms with E-state index in [1.165, 1.54) is 11.1 Å². The van der Waals surface area contributed by atoms with Crippen LogP contribution in [-0.4, -0.2) is 21.9 Å². The molecule has 0 aliphatic carbocycles. The molecule has 2 aromatic heterocycles. The maximum absolute atomic E-state index is 5.84. The Labute approximate surface area is 142 Å². The third-order valence-electron chi connectivity index (χ3n) is 3.64. The third-order valence-corrected chi connectivity index (χ3v) is 3.64. The van der Waals surface area contributed by atoms with Gasteiger partial charge in [0.25, 0.3) is 0 Å². The molecule has 0 bridgehead atoms. The lowest BCUT2D eigenvalue weighted by Crippen LogP contribution is -2.17. The predicted octanol–water partition coefficient (Wildman–Crippen LogP) is 3.69. The average Bonchev–Trinajstić information content (AvgIpc) is 2.62. The van der Waals surface area contributed by atoms with E-state index >= 15 is 0 Å². The number of hydrogen-bond acceptors (Lipinski definition) is 4. The van der Waals surface area contributed by atoms with Crippen molar-refractivity contribution >= 4 is 0 Å². The van der Waals surface area contributed by atoms with Crippen molar-refractivity contribution in [3.05, 3.63) is 90.0 Å². The summed E-state index contributed by atoms with van der Waals surface area (Å²) in [6.07, 6.45) is 5.48. The van der Waals surface area contributed by atoms with Crippen LogP contribution in [0.1, 0.15) is 16.8 Å². The molecule has 0 N–H and O–H groups in total. The Kier molecular flexibility index (Phi) is 5.53. The van der Waals surface area contributed by atoms with Gasteiger partial charge in [-0.05, 0) is 48.5 Å². The van der Waals surface area contributed by atoms with E-state index in [2.05, 4.69) is 40.1 Å². The van der Waals surface area contributed by atoms with Crippen molar-refractivity contribution in [1.82, 2.24) is 14.9 Å². The molecule has 0 radical (unpaired) electrons. The Morgan fingerprint density at radius 2 is 1.79 bits per heavy atom. The number of pyridine rings is 2. The largest absolute Gasteiger partial charge is 0.487 e. The van der Waals surface area contributed by atoms with Crippen LogP contribution < -0.4 is 4.74 Å². The van der Waals surface area contributed by atoms with Crippen LogP contribution in [0.3, 0.4) is 0 Å². The van der Waals surface area contributed by atoms with Gasteiger partial charge in [-0.1, -0.05) is 24.3 Å². The van der Waals surface area contributed by atoms with Gasteiger partial charge in [-0.25, -0.2) is 0 Å². The lowest BCUT2D eigenvalue weighted by atomic mass is 10.2. The van der Waals surface area contributed by atoms with Crippen molar-refractivity contribution in [2.45, 2.75) is 19.7 Å². The fourth-order valence-corrected chi connectivity index (χ4v) is 2.55. The van der Waals surface area contributed by atoms with Crippen LogP contribution in [0, 0.1) is 0 Å². The molecule has 0 aliphatic heterocycles. The number of rotatable bonds is 7. The molecule has 0 aliphatic rings. The highest BCUT2D eigenvalue weighted by Crippen LogP contribution is 2.16. The summed E-state index contributed by atoms with van der Waals surface area (Å²) in [5, 5.41) is 0. The molecule has 0 fully saturated rings. The van der Waals surface area contributed by atoms with Crippen LogP contribution in [0.5, 0.6) is 5.75 Å². The van der Waals surface area contributed by atoms with Gasteiger partial charge < -0.3 is 4.74 Å². The smallest absolute Gasteiger partial charge is 0.130 e. The molecular formula is C20H21N3O. The Balaban J connectivity index is 1.56. The van der Waals surface area contributed by atoms with E-state index in [9.17, 15) is 0 Å². The molecule has 4 heteroatoms. The zero-order valence-corrected chi connectivity index (χ0v) is 13.8. The number of hydrogen-bond donors (Lipinski definition) is 0. The fourth-order valence-electron chi connectivity index (χ4n) is 2.55. The topological polar surface area (TPSA) is 38.2 Å². The minimum absolute atomic E-state index is 0.482. The van der Waals surface area contributed by atoms with Crippen LogP contribution in [0.4, 0.5) is 0 Å². The highest BCUT2D eigenvalue weighted by atomic mass is 16.5. The average molecular weight is 319 g/mol. The predicted molar refractivity (Wildman–Crippen MR) is 94.4 cm³/mol. The number of aromatic nitrogens is 2. The van der Waals surface area contributed by atoms with E-state index in [-0.39, 0.29) is 0 Å². The SMILES string of the molecule is CN(Cc1cccnc1)Cc1cccc(OCc2ccccn2)c1. The first-order chi connectivity index (χ1) is 11.8. The maximum atomic E-state index is 5.84. The molecule has 0 saturated carbocycles. The molecule has 122 valence electrons. The fraction of sp³-hybridized carbons (Fsp3) is 0.200. The third kappa shape index (κ3) is 4.89. The van der Waals surface area contributed by atoms with Gasteiger partial charge in [-0.2, -0.15) is 0 Å². The molecule has 4 nitrogen and oxygen atoms in total. The van der Waals surface area contributed by atoms with Gasteiger partial charge in [-0.3, -0.25) is 14.9 Å². The Morgan fingerprint density at radius 1 is 0.917 bits per heavy atom. The second kappa shape index (κ2) is 8.22. The van der Waals surface area contributed by atoms with Crippen LogP contribution >= 0.6 is 0 Å². The number of ether oxygens (including phenoxy) is 1. The molecule has 0 amide bonds. The van der Waals surface area contributed by atoms with Crippen LogP contribution in [-0.2, 0) is 19.7 Å². The molecule has 0 spiro atoms. The molecule has 3 aromatic rings. The van der Waals surface area contributed by atoms with Gasteiger partial charge >= 0.3 is 0 Å². The van der Waals surface area contributed by atoms with Gasteiger partial charge in [0.1, 0.15) is 12.4 Å². The normalized spacial score (nSPS) is 10.8. The molecular weight excluding hydrogens is 298 g/mol. The van der Waals surface area contributed by atoms with E-state index in [0.717, 1.165) is 24.5 Å². The molecule has 0 unspecified atom stereocenters. The first kappa shape index (κ1) is 16.1. The zero-order valence-electron chi connectivity index (χ0n) is 13.8. The Bertz CT molecular complexity index is 747. The maximum Gasteiger partial charge on any atom is 0.130 e. The molecule has 0 saturated heterocycles. The van der Waals surface area contributed by atoms with Crippen molar-refractivity contribution < 1.29 is 4.74 Å². The van der Waals surface area contributed by atoms with E-state index < -0.39 is 0 Å². The van der Waals surface area contributed by atoms with Crippen molar-refractivity contribution in [3.63, 3.8) is 0 Å². The highest BCUT2D eigenvalue weighted by molar-refractivity contribution is 5.28. The van der Waals surface area contributed by atoms with Gasteiger partial charge in [0.05, 0.1) is 5.69 Å². The minimum Gasteiger partial charge on any atom is -0.487 e. The summed E-state index contributed by atoms with van der Waals surface area (Å²) >= 11 is 0. The van der Waals surface area contributed by atoms with Crippen molar-refractivity contribution in [3.8, 4) is 5.75 Å². The molecule has 2 heterocycles. The van der Waals surface area contributed by atoms with E-state index in [0.29, 0.717) is 6.61 Å². The second-order valence-electron chi connectivity index (χ2n) is 5.79. The summed E-state index contributed by atoms with van der Waals surface area (Å²) in [7, 11) is 2.11. The summed E-state index contributed by atoms with van der Waals surface area (Å²) in [5.41, 5.74) is 3.36. The summed E-state index contributed by atoms with van der Waals surface area (Å²) in [6, 6.07) is 18.1. The molecule has 24 heavy (non-hydrogen) atoms. The van der Waals surface area contributed by atoms with Crippen molar-refractivity contribution in [2.24, 2.45) is 0 Å². The summed E-state index contributed by atoms with van der Waals surface area (Å²) in [5.74, 6) is 0.868. The van der Waals surface area contributed by atoms with Gasteiger partial charge in [-0.15, -0.1) is 0 Å². The Hall–Kier alpha value is -2.72. The highest BCUT2D eigenvalue weighted by Gasteiger charge is 2.04. The first-order valence-corrected chi connectivity index (χ1v) is 7.99. The van der Waals surface area contributed by atoms with E-state index in [1.54, 1.807) is 12.4 Å². The Morgan fingerprint density at radius 3 is 2.58 bits per heavy atom. The molecule has 3 rings (SSSR count).